The second-order valence-electron chi connectivity index (χ2n) is 6.32. The van der Waals surface area contributed by atoms with Gasteiger partial charge in [0, 0.05) is 6.54 Å². The molecule has 1 aliphatic rings. The van der Waals surface area contributed by atoms with Crippen molar-refractivity contribution in [1.29, 1.82) is 0 Å². The van der Waals surface area contributed by atoms with Crippen LogP contribution in [-0.4, -0.2) is 43.2 Å². The van der Waals surface area contributed by atoms with Gasteiger partial charge in [-0.1, -0.05) is 33.6 Å². The van der Waals surface area contributed by atoms with E-state index in [1.54, 1.807) is 0 Å². The molecule has 0 aromatic carbocycles. The highest BCUT2D eigenvalue weighted by Gasteiger charge is 2.46. The lowest BCUT2D eigenvalue weighted by Crippen LogP contribution is -2.52. The Morgan fingerprint density at radius 3 is 2.75 bits per heavy atom. The summed E-state index contributed by atoms with van der Waals surface area (Å²) in [5, 5.41) is 0. The Bertz CT molecular complexity index is 309. The number of hydrogen-bond acceptors (Lipinski definition) is 4. The van der Waals surface area contributed by atoms with Crippen molar-refractivity contribution in [2.45, 2.75) is 58.4 Å². The molecule has 0 aliphatic heterocycles. The van der Waals surface area contributed by atoms with E-state index in [2.05, 4.69) is 25.7 Å². The van der Waals surface area contributed by atoms with Gasteiger partial charge in [0.15, 0.2) is 0 Å². The molecule has 1 aliphatic carbocycles. The molecule has 0 heterocycles. The van der Waals surface area contributed by atoms with Gasteiger partial charge in [0.05, 0.1) is 7.11 Å². The lowest BCUT2D eigenvalue weighted by molar-refractivity contribution is -0.148. The molecule has 1 rings (SSSR count). The zero-order chi connectivity index (χ0) is 15.2. The van der Waals surface area contributed by atoms with Gasteiger partial charge in [-0.25, -0.2) is 0 Å². The second kappa shape index (κ2) is 7.99. The Morgan fingerprint density at radius 1 is 1.50 bits per heavy atom. The van der Waals surface area contributed by atoms with Crippen molar-refractivity contribution in [3.63, 3.8) is 0 Å². The molecule has 20 heavy (non-hydrogen) atoms. The largest absolute Gasteiger partial charge is 0.468 e. The first-order chi connectivity index (χ1) is 9.47. The van der Waals surface area contributed by atoms with Crippen LogP contribution in [0.3, 0.4) is 0 Å². The maximum absolute atomic E-state index is 11.9. The summed E-state index contributed by atoms with van der Waals surface area (Å²) in [5.74, 6) is 0.757. The highest BCUT2D eigenvalue weighted by atomic mass is 16.5. The number of rotatable bonds is 8. The molecule has 1 fully saturated rings. The summed E-state index contributed by atoms with van der Waals surface area (Å²) >= 11 is 0. The van der Waals surface area contributed by atoms with Crippen LogP contribution in [0.25, 0.3) is 0 Å². The minimum atomic E-state index is -0.746. The van der Waals surface area contributed by atoms with Crippen LogP contribution in [0, 0.1) is 11.8 Å². The number of carbonyl (C=O) groups is 1. The quantitative estimate of drug-likeness (QED) is 0.695. The van der Waals surface area contributed by atoms with Crippen LogP contribution in [0.5, 0.6) is 0 Å². The van der Waals surface area contributed by atoms with E-state index in [1.165, 1.54) is 13.5 Å². The summed E-state index contributed by atoms with van der Waals surface area (Å²) in [5.41, 5.74) is 5.57. The smallest absolute Gasteiger partial charge is 0.326 e. The molecular formula is C16H32N2O2. The van der Waals surface area contributed by atoms with Crippen LogP contribution >= 0.6 is 0 Å². The van der Waals surface area contributed by atoms with Crippen LogP contribution in [0.1, 0.15) is 52.9 Å². The zero-order valence-electron chi connectivity index (χ0n) is 13.7. The molecule has 0 aromatic rings. The fraction of sp³-hybridized carbons (Fsp3) is 0.938. The first kappa shape index (κ1) is 17.4. The minimum Gasteiger partial charge on any atom is -0.468 e. The van der Waals surface area contributed by atoms with Crippen LogP contribution in [0.4, 0.5) is 0 Å². The van der Waals surface area contributed by atoms with Gasteiger partial charge in [-0.15, -0.1) is 0 Å². The molecule has 0 bridgehead atoms. The number of nitrogens with zero attached hydrogens (tertiary/aromatic N) is 1. The molecule has 0 aromatic heterocycles. The summed E-state index contributed by atoms with van der Waals surface area (Å²) in [6, 6.07) is 0. The third-order valence-corrected chi connectivity index (χ3v) is 4.94. The summed E-state index contributed by atoms with van der Waals surface area (Å²) < 4.78 is 4.90. The molecule has 4 heteroatoms. The first-order valence-corrected chi connectivity index (χ1v) is 8.07. The third kappa shape index (κ3) is 4.19. The van der Waals surface area contributed by atoms with Crippen molar-refractivity contribution in [3.05, 3.63) is 0 Å². The SMILES string of the molecule is CCC(C)CN(CC)CCC1CCCC1(N)C(=O)OC. The highest BCUT2D eigenvalue weighted by Crippen LogP contribution is 2.37. The summed E-state index contributed by atoms with van der Waals surface area (Å²) in [6.45, 7) is 9.95. The molecule has 0 amide bonds. The average molecular weight is 284 g/mol. The van der Waals surface area contributed by atoms with Gasteiger partial charge in [-0.3, -0.25) is 4.79 Å². The Kier molecular flexibility index (Phi) is 6.96. The van der Waals surface area contributed by atoms with Gasteiger partial charge < -0.3 is 15.4 Å². The van der Waals surface area contributed by atoms with E-state index in [4.69, 9.17) is 10.5 Å². The maximum atomic E-state index is 11.9. The topological polar surface area (TPSA) is 55.6 Å². The van der Waals surface area contributed by atoms with Gasteiger partial charge >= 0.3 is 5.97 Å². The number of carbonyl (C=O) groups excluding carboxylic acids is 1. The monoisotopic (exact) mass is 284 g/mol. The second-order valence-corrected chi connectivity index (χ2v) is 6.32. The predicted octanol–water partition coefficient (Wildman–Crippen LogP) is 2.42. The number of nitrogens with two attached hydrogens (primary N) is 1. The number of ether oxygens (including phenoxy) is 1. The Morgan fingerprint density at radius 2 is 2.20 bits per heavy atom. The van der Waals surface area contributed by atoms with Gasteiger partial charge in [0.2, 0.25) is 0 Å². The third-order valence-electron chi connectivity index (χ3n) is 4.94. The lowest BCUT2D eigenvalue weighted by atomic mass is 9.85. The summed E-state index contributed by atoms with van der Waals surface area (Å²) in [6.07, 6.45) is 5.06. The fourth-order valence-corrected chi connectivity index (χ4v) is 3.25. The fourth-order valence-electron chi connectivity index (χ4n) is 3.25. The highest BCUT2D eigenvalue weighted by molar-refractivity contribution is 5.81. The van der Waals surface area contributed by atoms with E-state index in [0.717, 1.165) is 51.2 Å². The molecule has 3 unspecified atom stereocenters. The predicted molar refractivity (Wildman–Crippen MR) is 82.5 cm³/mol. The standard InChI is InChI=1S/C16H32N2O2/c1-5-13(3)12-18(6-2)11-9-14-8-7-10-16(14,17)15(19)20-4/h13-14H,5-12,17H2,1-4H3. The zero-order valence-corrected chi connectivity index (χ0v) is 13.7. The molecular weight excluding hydrogens is 252 g/mol. The van der Waals surface area contributed by atoms with Crippen LogP contribution in [-0.2, 0) is 9.53 Å². The van der Waals surface area contributed by atoms with E-state index >= 15 is 0 Å². The van der Waals surface area contributed by atoms with Crippen LogP contribution in [0.2, 0.25) is 0 Å². The molecule has 0 spiro atoms. The van der Waals surface area contributed by atoms with Crippen molar-refractivity contribution in [2.24, 2.45) is 17.6 Å². The van der Waals surface area contributed by atoms with Gasteiger partial charge in [-0.2, -0.15) is 0 Å². The number of hydrogen-bond donors (Lipinski definition) is 1. The Hall–Kier alpha value is -0.610. The van der Waals surface area contributed by atoms with Crippen molar-refractivity contribution in [1.82, 2.24) is 4.90 Å². The van der Waals surface area contributed by atoms with Gasteiger partial charge in [-0.05, 0) is 44.2 Å². The van der Waals surface area contributed by atoms with Gasteiger partial charge in [0.1, 0.15) is 5.54 Å². The van der Waals surface area contributed by atoms with Crippen LogP contribution < -0.4 is 5.73 Å². The normalized spacial score (nSPS) is 27.8. The van der Waals surface area contributed by atoms with E-state index < -0.39 is 5.54 Å². The first-order valence-electron chi connectivity index (χ1n) is 8.07. The molecule has 0 radical (unpaired) electrons. The Labute approximate surface area is 124 Å². The van der Waals surface area contributed by atoms with Crippen LogP contribution in [0.15, 0.2) is 0 Å². The van der Waals surface area contributed by atoms with E-state index in [0.29, 0.717) is 0 Å². The molecule has 4 nitrogen and oxygen atoms in total. The molecule has 118 valence electrons. The number of methoxy groups -OCH3 is 1. The van der Waals surface area contributed by atoms with E-state index in [9.17, 15) is 4.79 Å². The maximum Gasteiger partial charge on any atom is 0.326 e. The molecule has 2 N–H and O–H groups in total. The van der Waals surface area contributed by atoms with Crippen molar-refractivity contribution in [2.75, 3.05) is 26.7 Å². The summed E-state index contributed by atoms with van der Waals surface area (Å²) in [4.78, 5) is 14.4. The van der Waals surface area contributed by atoms with E-state index in [-0.39, 0.29) is 11.9 Å². The lowest BCUT2D eigenvalue weighted by Gasteiger charge is -2.31. The van der Waals surface area contributed by atoms with Crippen molar-refractivity contribution in [3.8, 4) is 0 Å². The van der Waals surface area contributed by atoms with Crippen molar-refractivity contribution < 1.29 is 9.53 Å². The summed E-state index contributed by atoms with van der Waals surface area (Å²) in [7, 11) is 1.44. The molecule has 0 saturated heterocycles. The molecule has 3 atom stereocenters. The van der Waals surface area contributed by atoms with Gasteiger partial charge in [0.25, 0.3) is 0 Å². The average Bonchev–Trinajstić information content (AvgIpc) is 2.84. The minimum absolute atomic E-state index is 0.232. The van der Waals surface area contributed by atoms with E-state index in [1.807, 2.05) is 0 Å². The van der Waals surface area contributed by atoms with Crippen molar-refractivity contribution >= 4 is 5.97 Å². The molecule has 1 saturated carbocycles. The number of esters is 1. The Balaban J connectivity index is 2.52.